The minimum atomic E-state index is -1.13. The van der Waals surface area contributed by atoms with E-state index in [2.05, 4.69) is 112 Å². The number of carbonyl (C=O) groups excluding carboxylic acids is 4. The molecule has 8 aromatic rings. The highest BCUT2D eigenvalue weighted by Crippen LogP contribution is 2.62. The molecule has 0 saturated heterocycles. The first-order valence-corrected chi connectivity index (χ1v) is 35.0. The molecule has 4 bridgehead atoms. The molecule has 4 N–H and O–H groups in total. The molecule has 0 aliphatic heterocycles. The van der Waals surface area contributed by atoms with E-state index in [4.69, 9.17) is 14.7 Å². The maximum atomic E-state index is 13.4. The minimum absolute atomic E-state index is 0.0230. The molecule has 4 heterocycles. The molecule has 4 aliphatic carbocycles. The van der Waals surface area contributed by atoms with Crippen molar-refractivity contribution in [2.24, 2.45) is 29.6 Å². The summed E-state index contributed by atoms with van der Waals surface area (Å²) in [6.07, 6.45) is 20.8. The maximum Gasteiger partial charge on any atom is 0.325 e. The lowest BCUT2D eigenvalue weighted by Crippen LogP contribution is -2.48. The summed E-state index contributed by atoms with van der Waals surface area (Å²) in [4.78, 5) is 97.8. The van der Waals surface area contributed by atoms with Crippen molar-refractivity contribution in [2.75, 3.05) is 7.11 Å². The number of Topliss-reactive ketones (excluding diaryl/α,β-unsaturated/α-hetero) is 2. The van der Waals surface area contributed by atoms with Gasteiger partial charge in [0.25, 0.3) is 0 Å². The number of carbonyl (C=O) groups is 6. The second kappa shape index (κ2) is 30.1. The van der Waals surface area contributed by atoms with Gasteiger partial charge in [-0.25, -0.2) is 19.9 Å². The van der Waals surface area contributed by atoms with Crippen LogP contribution in [0.15, 0.2) is 140 Å². The van der Waals surface area contributed by atoms with Crippen LogP contribution in [0, 0.1) is 29.6 Å². The quantitative estimate of drug-likeness (QED) is 0.0413. The molecular weight excluding hydrogens is 1240 g/mol. The Morgan fingerprint density at radius 3 is 1.34 bits per heavy atom. The van der Waals surface area contributed by atoms with Gasteiger partial charge in [-0.2, -0.15) is 0 Å². The number of aromatic nitrogens is 4. The Labute approximate surface area is 571 Å². The van der Waals surface area contributed by atoms with Gasteiger partial charge in [0.2, 0.25) is 11.8 Å². The highest BCUT2D eigenvalue weighted by Gasteiger charge is 2.52. The number of hydrogen-bond donors (Lipinski definition) is 4. The molecular formula is C79H88N6O9S2. The smallest absolute Gasteiger partial charge is 0.325 e. The summed E-state index contributed by atoms with van der Waals surface area (Å²) in [5.41, 5.74) is 10.1. The number of thiophene rings is 2. The number of methoxy groups -OCH3 is 1. The van der Waals surface area contributed by atoms with Crippen molar-refractivity contribution in [1.82, 2.24) is 30.6 Å². The Morgan fingerprint density at radius 1 is 0.542 bits per heavy atom. The Hall–Kier alpha value is -8.80. The first kappa shape index (κ1) is 70.0. The normalized spacial score (nSPS) is 18.5. The van der Waals surface area contributed by atoms with Gasteiger partial charge in [0, 0.05) is 87.0 Å². The lowest BCUT2D eigenvalue weighted by Gasteiger charge is -2.57. The molecule has 4 saturated carbocycles. The highest BCUT2D eigenvalue weighted by molar-refractivity contribution is 7.14. The fourth-order valence-corrected chi connectivity index (χ4v) is 15.9. The lowest BCUT2D eigenvalue weighted by atomic mass is 9.48. The molecule has 500 valence electrons. The van der Waals surface area contributed by atoms with Crippen LogP contribution in [-0.4, -0.2) is 84.7 Å². The highest BCUT2D eigenvalue weighted by atomic mass is 32.1. The summed E-state index contributed by atoms with van der Waals surface area (Å²) in [5, 5.41) is 23.8. The van der Waals surface area contributed by atoms with E-state index in [0.29, 0.717) is 21.4 Å². The van der Waals surface area contributed by atoms with Gasteiger partial charge in [0.05, 0.1) is 16.9 Å². The summed E-state index contributed by atoms with van der Waals surface area (Å²) in [6, 6.07) is 35.6. The van der Waals surface area contributed by atoms with Crippen molar-refractivity contribution in [2.45, 2.75) is 161 Å². The molecule has 17 heteroatoms. The molecule has 15 nitrogen and oxygen atoms in total. The van der Waals surface area contributed by atoms with Gasteiger partial charge in [0.1, 0.15) is 17.8 Å². The van der Waals surface area contributed by atoms with E-state index in [9.17, 15) is 39.0 Å². The second-order valence-electron chi connectivity index (χ2n) is 28.6. The largest absolute Gasteiger partial charge is 0.496 e. The van der Waals surface area contributed by atoms with Gasteiger partial charge in [-0.15, -0.1) is 22.7 Å². The van der Waals surface area contributed by atoms with E-state index < -0.39 is 47.7 Å². The third-order valence-corrected chi connectivity index (χ3v) is 22.1. The van der Waals surface area contributed by atoms with E-state index in [1.54, 1.807) is 19.5 Å². The first-order chi connectivity index (χ1) is 45.7. The van der Waals surface area contributed by atoms with Crippen molar-refractivity contribution < 1.29 is 43.7 Å². The Kier molecular flexibility index (Phi) is 21.9. The summed E-state index contributed by atoms with van der Waals surface area (Å²) < 4.78 is 5.93. The van der Waals surface area contributed by atoms with Crippen molar-refractivity contribution in [3.05, 3.63) is 193 Å². The van der Waals surface area contributed by atoms with Crippen LogP contribution < -0.4 is 15.4 Å². The fraction of sp³-hybridized carbons (Fsp3) is 0.392. The zero-order valence-corrected chi connectivity index (χ0v) is 58.2. The van der Waals surface area contributed by atoms with Gasteiger partial charge in [0.15, 0.2) is 23.2 Å². The molecule has 4 aromatic heterocycles. The topological polar surface area (TPSA) is 228 Å². The number of hydrogen-bond acceptors (Lipinski definition) is 13. The molecule has 0 spiro atoms. The summed E-state index contributed by atoms with van der Waals surface area (Å²) in [5.74, 6) is -0.211. The molecule has 96 heavy (non-hydrogen) atoms. The van der Waals surface area contributed by atoms with Gasteiger partial charge in [-0.05, 0) is 170 Å². The van der Waals surface area contributed by atoms with Crippen molar-refractivity contribution in [1.29, 1.82) is 0 Å². The van der Waals surface area contributed by atoms with Crippen LogP contribution in [0.1, 0.15) is 176 Å². The average molecular weight is 1330 g/mol. The van der Waals surface area contributed by atoms with E-state index in [1.807, 2.05) is 97.3 Å². The zero-order valence-electron chi connectivity index (χ0n) is 56.6. The Balaban J connectivity index is 0.000000212. The number of nitrogens with zero attached hydrogens (tertiary/aromatic N) is 4. The number of ketones is 2. The Morgan fingerprint density at radius 2 is 0.948 bits per heavy atom. The van der Waals surface area contributed by atoms with E-state index in [1.165, 1.54) is 86.2 Å². The number of aliphatic carboxylic acids is 2. The number of amides is 2. The van der Waals surface area contributed by atoms with Crippen LogP contribution in [0.4, 0.5) is 0 Å². The van der Waals surface area contributed by atoms with Gasteiger partial charge < -0.3 is 25.6 Å². The van der Waals surface area contributed by atoms with Gasteiger partial charge >= 0.3 is 11.9 Å². The van der Waals surface area contributed by atoms with Crippen LogP contribution in [-0.2, 0) is 54.7 Å². The standard InChI is InChI=1S/C43H49N3O5S.C36H39N3O4S/c1-25(41(49)50)46-40(48)32(19-35(47)37-12-13-38(52-37)42(2,3)4)17-26-6-8-30(9-7-26)39-44-23-33(24-45-39)31-10-11-36(51-5)34(18-31)43-20-27-14-28(21-43)16-29(15-27)22-43;1-6-24-7-9-25(10-8-24)11-12-27-21-37-33(38-22-27)28-15-13-26(14-16-28)19-29(34(41)39-23(2)35(42)43)20-30(40)31-17-18-32(44-31)36(3,4)5/h6-13,18,23-25,27-29,32H,14-17,19-22H2,1-5H3,(H,46,48)(H,49,50);7-18,21-23,29H,6,19-20H2,1-5H3,(H,39,41)(H,42,43)/b;12-11+/t25-,27?,28?,29?,32-,43?;23-,29-/m11/s1. The summed E-state index contributed by atoms with van der Waals surface area (Å²) in [7, 11) is 1.78. The number of ether oxygens (including phenoxy) is 1. The van der Waals surface area contributed by atoms with E-state index in [-0.39, 0.29) is 53.5 Å². The zero-order chi connectivity index (χ0) is 68.6. The molecule has 0 unspecified atom stereocenters. The third kappa shape index (κ3) is 17.4. The third-order valence-electron chi connectivity index (χ3n) is 19.0. The van der Waals surface area contributed by atoms with Gasteiger partial charge in [-0.3, -0.25) is 28.8 Å². The number of carboxylic acids is 2. The molecule has 2 amide bonds. The van der Waals surface area contributed by atoms with E-state index >= 15 is 0 Å². The molecule has 4 fully saturated rings. The molecule has 0 radical (unpaired) electrons. The maximum absolute atomic E-state index is 13.4. The number of rotatable bonds is 24. The van der Waals surface area contributed by atoms with Crippen LogP contribution in [0.2, 0.25) is 0 Å². The van der Waals surface area contributed by atoms with Gasteiger partial charge in [-0.1, -0.05) is 139 Å². The number of nitrogens with one attached hydrogen (secondary N) is 2. The SMILES string of the molecule is CCc1ccc(/C=C/c2cnc(-c3ccc(C[C@H](CC(=O)c4ccc(C(C)(C)C)s4)C(=O)N[C@H](C)C(=O)O)cc3)nc2)cc1.COc1ccc(-c2cnc(-c3ccc(C[C@H](CC(=O)c4ccc(C(C)(C)C)s4)C(=O)N[C@H](C)C(=O)O)cc3)nc2)cc1C12CC3CC(CC(C3)C1)C2. The average Bonchev–Trinajstić information content (AvgIpc) is 0.886. The van der Waals surface area contributed by atoms with Crippen LogP contribution in [0.25, 0.3) is 46.1 Å². The van der Waals surface area contributed by atoms with Crippen molar-refractivity contribution in [3.63, 3.8) is 0 Å². The number of aryl methyl sites for hydroxylation is 1. The predicted molar refractivity (Wildman–Crippen MR) is 380 cm³/mol. The first-order valence-electron chi connectivity index (χ1n) is 33.3. The van der Waals surface area contributed by atoms with Crippen molar-refractivity contribution in [3.8, 4) is 39.7 Å². The lowest BCUT2D eigenvalue weighted by molar-refractivity contribution is -0.142. The van der Waals surface area contributed by atoms with Crippen molar-refractivity contribution >= 4 is 70.1 Å². The molecule has 4 aliphatic rings. The monoisotopic (exact) mass is 1330 g/mol. The Bertz CT molecular complexity index is 4070. The minimum Gasteiger partial charge on any atom is -0.496 e. The second-order valence-corrected chi connectivity index (χ2v) is 30.8. The molecule has 4 aromatic carbocycles. The molecule has 12 rings (SSSR count). The number of carboxylic acid groups (broad SMARTS) is 2. The van der Waals surface area contributed by atoms with E-state index in [0.717, 1.165) is 84.2 Å². The van der Waals surface area contributed by atoms with Crippen LogP contribution in [0.5, 0.6) is 5.75 Å². The summed E-state index contributed by atoms with van der Waals surface area (Å²) >= 11 is 2.88. The van der Waals surface area contributed by atoms with Crippen LogP contribution in [0.3, 0.4) is 0 Å². The van der Waals surface area contributed by atoms with Crippen LogP contribution >= 0.6 is 22.7 Å². The fourth-order valence-electron chi connectivity index (χ4n) is 13.9. The summed E-state index contributed by atoms with van der Waals surface area (Å²) in [6.45, 7) is 17.5. The predicted octanol–water partition coefficient (Wildman–Crippen LogP) is 15.9. The molecule has 4 atom stereocenters. The number of benzene rings is 4.